The molecular weight excluding hydrogens is 472 g/mol. The van der Waals surface area contributed by atoms with Gasteiger partial charge in [-0.25, -0.2) is 4.79 Å². The zero-order valence-corrected chi connectivity index (χ0v) is 20.7. The fraction of sp³-hybridized carbons (Fsp3) is 0.423. The average Bonchev–Trinajstić information content (AvgIpc) is 3.26. The lowest BCUT2D eigenvalue weighted by atomic mass is 10.2. The molecule has 0 aliphatic carbocycles. The molecule has 37 heavy (non-hydrogen) atoms. The number of carbonyl (C=O) groups is 1. The lowest BCUT2D eigenvalue weighted by molar-refractivity contribution is 0.0299. The minimum Gasteiger partial charge on any atom is -0.377 e. The number of nitrogens with one attached hydrogen (secondary N) is 2. The number of morpholine rings is 2. The molecule has 11 nitrogen and oxygen atoms in total. The molecule has 1 aromatic carbocycles. The number of nitrogens with zero attached hydrogens (tertiary/aromatic N) is 6. The highest BCUT2D eigenvalue weighted by Gasteiger charge is 2.35. The van der Waals surface area contributed by atoms with Gasteiger partial charge in [-0.3, -0.25) is 4.98 Å². The van der Waals surface area contributed by atoms with Crippen molar-refractivity contribution in [2.45, 2.75) is 38.0 Å². The summed E-state index contributed by atoms with van der Waals surface area (Å²) in [4.78, 5) is 35.4. The molecule has 3 atom stereocenters. The maximum absolute atomic E-state index is 12.4. The number of urea groups is 1. The molecule has 3 fully saturated rings. The summed E-state index contributed by atoms with van der Waals surface area (Å²) in [6, 6.07) is 10.9. The van der Waals surface area contributed by atoms with Crippen molar-refractivity contribution in [2.75, 3.05) is 53.3 Å². The number of pyridine rings is 1. The number of amides is 2. The van der Waals surface area contributed by atoms with Gasteiger partial charge >= 0.3 is 6.03 Å². The third-order valence-corrected chi connectivity index (χ3v) is 6.88. The molecule has 192 valence electrons. The van der Waals surface area contributed by atoms with Crippen LogP contribution in [0.5, 0.6) is 0 Å². The summed E-state index contributed by atoms with van der Waals surface area (Å²) in [5.41, 5.74) is 2.13. The topological polar surface area (TPSA) is 118 Å². The van der Waals surface area contributed by atoms with Crippen LogP contribution in [-0.4, -0.2) is 77.1 Å². The molecule has 2 amide bonds. The highest BCUT2D eigenvalue weighted by molar-refractivity contribution is 5.99. The molecule has 3 aliphatic rings. The summed E-state index contributed by atoms with van der Waals surface area (Å²) in [6.07, 6.45) is 5.86. The van der Waals surface area contributed by atoms with Gasteiger partial charge in [-0.2, -0.15) is 15.0 Å². The molecule has 0 radical (unpaired) electrons. The maximum atomic E-state index is 12.4. The summed E-state index contributed by atoms with van der Waals surface area (Å²) in [5, 5.41) is 5.61. The predicted octanol–water partition coefficient (Wildman–Crippen LogP) is 3.17. The SMILES string of the molecule is C[C@H]1COCCN1c1nc(-c2ccc(NC(=O)Nc3cccnc3)cc2)nc(N2CC3CCC(C2)O3)n1. The monoisotopic (exact) mass is 502 g/mol. The number of anilines is 4. The van der Waals surface area contributed by atoms with E-state index in [4.69, 9.17) is 24.4 Å². The van der Waals surface area contributed by atoms with Crippen molar-refractivity contribution in [2.24, 2.45) is 0 Å². The smallest absolute Gasteiger partial charge is 0.323 e. The van der Waals surface area contributed by atoms with Crippen molar-refractivity contribution in [3.63, 3.8) is 0 Å². The van der Waals surface area contributed by atoms with Crippen molar-refractivity contribution in [1.29, 1.82) is 0 Å². The van der Waals surface area contributed by atoms with E-state index < -0.39 is 0 Å². The van der Waals surface area contributed by atoms with Crippen molar-refractivity contribution < 1.29 is 14.3 Å². The van der Waals surface area contributed by atoms with E-state index in [9.17, 15) is 4.79 Å². The van der Waals surface area contributed by atoms with Crippen molar-refractivity contribution in [3.8, 4) is 11.4 Å². The van der Waals surface area contributed by atoms with Crippen LogP contribution >= 0.6 is 0 Å². The minimum atomic E-state index is -0.339. The van der Waals surface area contributed by atoms with E-state index in [2.05, 4.69) is 32.3 Å². The zero-order chi connectivity index (χ0) is 25.2. The van der Waals surface area contributed by atoms with Crippen molar-refractivity contribution >= 4 is 29.3 Å². The van der Waals surface area contributed by atoms with Crippen molar-refractivity contribution in [3.05, 3.63) is 48.8 Å². The molecule has 2 N–H and O–H groups in total. The Morgan fingerprint density at radius 1 is 0.973 bits per heavy atom. The van der Waals surface area contributed by atoms with Gasteiger partial charge in [0, 0.05) is 37.1 Å². The van der Waals surface area contributed by atoms with E-state index in [0.29, 0.717) is 42.3 Å². The van der Waals surface area contributed by atoms with Crippen LogP contribution < -0.4 is 20.4 Å². The van der Waals surface area contributed by atoms with E-state index in [-0.39, 0.29) is 24.3 Å². The molecule has 3 saturated heterocycles. The molecule has 2 unspecified atom stereocenters. The molecule has 2 bridgehead atoms. The fourth-order valence-electron chi connectivity index (χ4n) is 4.99. The highest BCUT2D eigenvalue weighted by atomic mass is 16.5. The predicted molar refractivity (Wildman–Crippen MR) is 140 cm³/mol. The van der Waals surface area contributed by atoms with Gasteiger partial charge in [-0.15, -0.1) is 0 Å². The Morgan fingerprint density at radius 3 is 2.46 bits per heavy atom. The standard InChI is InChI=1S/C26H30N8O3/c1-17-16-36-12-11-34(17)25-31-23(30-24(32-25)33-14-21-8-9-22(15-33)37-21)18-4-6-19(7-5-18)28-26(35)29-20-3-2-10-27-13-20/h2-7,10,13,17,21-22H,8-9,11-12,14-16H2,1H3,(H2,28,29,35)/t17-,21?,22?/m0/s1. The molecule has 3 aromatic rings. The second-order valence-corrected chi connectivity index (χ2v) is 9.64. The van der Waals surface area contributed by atoms with E-state index in [1.807, 2.05) is 24.3 Å². The first-order chi connectivity index (χ1) is 18.1. The summed E-state index contributed by atoms with van der Waals surface area (Å²) < 4.78 is 11.7. The van der Waals surface area contributed by atoms with Crippen LogP contribution in [0.1, 0.15) is 19.8 Å². The fourth-order valence-corrected chi connectivity index (χ4v) is 4.99. The first-order valence-electron chi connectivity index (χ1n) is 12.7. The first kappa shape index (κ1) is 23.6. The molecular formula is C26H30N8O3. The van der Waals surface area contributed by atoms with Gasteiger partial charge in [0.15, 0.2) is 5.82 Å². The van der Waals surface area contributed by atoms with Crippen LogP contribution in [0.4, 0.5) is 28.1 Å². The Labute approximate surface area is 215 Å². The van der Waals surface area contributed by atoms with Gasteiger partial charge in [0.1, 0.15) is 0 Å². The number of hydrogen-bond acceptors (Lipinski definition) is 9. The Kier molecular flexibility index (Phi) is 6.54. The largest absolute Gasteiger partial charge is 0.377 e. The lowest BCUT2D eigenvalue weighted by Crippen LogP contribution is -2.46. The average molecular weight is 503 g/mol. The lowest BCUT2D eigenvalue weighted by Gasteiger charge is -2.35. The third-order valence-electron chi connectivity index (χ3n) is 6.88. The van der Waals surface area contributed by atoms with Crippen LogP contribution in [0.25, 0.3) is 11.4 Å². The van der Waals surface area contributed by atoms with Gasteiger partial charge in [-0.1, -0.05) is 0 Å². The van der Waals surface area contributed by atoms with Gasteiger partial charge in [0.25, 0.3) is 0 Å². The number of benzene rings is 1. The van der Waals surface area contributed by atoms with E-state index in [0.717, 1.165) is 38.0 Å². The van der Waals surface area contributed by atoms with E-state index in [1.165, 1.54) is 0 Å². The molecule has 0 spiro atoms. The minimum absolute atomic E-state index is 0.169. The number of rotatable bonds is 5. The Bertz CT molecular complexity index is 1230. The van der Waals surface area contributed by atoms with Gasteiger partial charge in [0.2, 0.25) is 11.9 Å². The molecule has 5 heterocycles. The number of hydrogen-bond donors (Lipinski definition) is 2. The molecule has 3 aliphatic heterocycles. The number of fused-ring (bicyclic) bond motifs is 2. The summed E-state index contributed by atoms with van der Waals surface area (Å²) in [6.45, 7) is 5.70. The maximum Gasteiger partial charge on any atom is 0.323 e. The first-order valence-corrected chi connectivity index (χ1v) is 12.7. The normalized spacial score (nSPS) is 23.1. The van der Waals surface area contributed by atoms with Crippen LogP contribution in [0.3, 0.4) is 0 Å². The highest BCUT2D eigenvalue weighted by Crippen LogP contribution is 2.30. The number of aromatic nitrogens is 4. The molecule has 0 saturated carbocycles. The van der Waals surface area contributed by atoms with Crippen LogP contribution in [-0.2, 0) is 9.47 Å². The zero-order valence-electron chi connectivity index (χ0n) is 20.7. The Hall–Kier alpha value is -3.83. The van der Waals surface area contributed by atoms with Crippen LogP contribution in [0, 0.1) is 0 Å². The Balaban J connectivity index is 1.25. The summed E-state index contributed by atoms with van der Waals surface area (Å²) in [7, 11) is 0. The van der Waals surface area contributed by atoms with Gasteiger partial charge < -0.3 is 29.9 Å². The third kappa shape index (κ3) is 5.32. The van der Waals surface area contributed by atoms with Gasteiger partial charge in [-0.05, 0) is 56.2 Å². The van der Waals surface area contributed by atoms with Crippen molar-refractivity contribution in [1.82, 2.24) is 19.9 Å². The van der Waals surface area contributed by atoms with Crippen LogP contribution in [0.2, 0.25) is 0 Å². The Morgan fingerprint density at radius 2 is 1.73 bits per heavy atom. The number of carbonyl (C=O) groups excluding carboxylic acids is 1. The molecule has 2 aromatic heterocycles. The molecule has 11 heteroatoms. The van der Waals surface area contributed by atoms with E-state index >= 15 is 0 Å². The quantitative estimate of drug-likeness (QED) is 0.542. The van der Waals surface area contributed by atoms with Gasteiger partial charge in [0.05, 0.1) is 43.3 Å². The number of ether oxygens (including phenoxy) is 2. The summed E-state index contributed by atoms with van der Waals surface area (Å²) in [5.74, 6) is 1.94. The second kappa shape index (κ2) is 10.3. The van der Waals surface area contributed by atoms with E-state index in [1.54, 1.807) is 24.5 Å². The summed E-state index contributed by atoms with van der Waals surface area (Å²) >= 11 is 0. The second-order valence-electron chi connectivity index (χ2n) is 9.64. The van der Waals surface area contributed by atoms with Crippen LogP contribution in [0.15, 0.2) is 48.8 Å². The molecule has 6 rings (SSSR count).